The summed E-state index contributed by atoms with van der Waals surface area (Å²) in [4.78, 5) is 23.9. The Morgan fingerprint density at radius 3 is 2.42 bits per heavy atom. The number of methoxy groups -OCH3 is 1. The molecule has 0 spiro atoms. The van der Waals surface area contributed by atoms with Crippen molar-refractivity contribution in [2.45, 2.75) is 32.6 Å². The number of benzene rings is 1. The maximum absolute atomic E-state index is 12.3. The van der Waals surface area contributed by atoms with Crippen LogP contribution in [0.4, 0.5) is 0 Å². The lowest BCUT2D eigenvalue weighted by Crippen LogP contribution is -2.35. The Morgan fingerprint density at radius 1 is 1.10 bits per heavy atom. The predicted octanol–water partition coefficient (Wildman–Crippen LogP) is 4.74. The van der Waals surface area contributed by atoms with Crippen molar-refractivity contribution >= 4 is 18.0 Å². The zero-order valence-corrected chi connectivity index (χ0v) is 18.4. The van der Waals surface area contributed by atoms with E-state index in [1.54, 1.807) is 25.3 Å². The van der Waals surface area contributed by atoms with Crippen molar-refractivity contribution in [3.05, 3.63) is 55.1 Å². The highest BCUT2D eigenvalue weighted by atomic mass is 16.5. The first-order valence-corrected chi connectivity index (χ1v) is 10.5. The van der Waals surface area contributed by atoms with Gasteiger partial charge in [0.25, 0.3) is 0 Å². The van der Waals surface area contributed by atoms with E-state index >= 15 is 0 Å². The van der Waals surface area contributed by atoms with Crippen LogP contribution >= 0.6 is 0 Å². The Bertz CT molecular complexity index is 802. The minimum atomic E-state index is -0.442. The lowest BCUT2D eigenvalue weighted by molar-refractivity contribution is -0.156. The molecule has 168 valence electrons. The number of ether oxygens (including phenoxy) is 4. The highest BCUT2D eigenvalue weighted by molar-refractivity contribution is 5.87. The average molecular weight is 429 g/mol. The van der Waals surface area contributed by atoms with E-state index in [2.05, 4.69) is 13.2 Å². The van der Waals surface area contributed by atoms with Gasteiger partial charge in [0.05, 0.1) is 19.1 Å². The molecule has 0 unspecified atom stereocenters. The number of carbonyl (C=O) groups excluding carboxylic acids is 2. The highest BCUT2D eigenvalue weighted by Gasteiger charge is 2.38. The third-order valence-corrected chi connectivity index (χ3v) is 5.45. The van der Waals surface area contributed by atoms with Crippen LogP contribution in [0.3, 0.4) is 0 Å². The normalized spacial score (nSPS) is 20.6. The molecular formula is C25H32O6. The average Bonchev–Trinajstić information content (AvgIpc) is 2.79. The molecule has 1 aromatic carbocycles. The lowest BCUT2D eigenvalue weighted by atomic mass is 9.72. The van der Waals surface area contributed by atoms with Gasteiger partial charge in [-0.3, -0.25) is 4.79 Å². The Balaban J connectivity index is 1.93. The molecule has 0 aliphatic heterocycles. The molecule has 6 nitrogen and oxygen atoms in total. The first-order chi connectivity index (χ1) is 14.9. The van der Waals surface area contributed by atoms with Crippen LogP contribution in [0.1, 0.15) is 38.2 Å². The summed E-state index contributed by atoms with van der Waals surface area (Å²) in [6, 6.07) is 5.47. The van der Waals surface area contributed by atoms with Crippen LogP contribution in [0, 0.1) is 11.3 Å². The molecule has 1 aromatic rings. The summed E-state index contributed by atoms with van der Waals surface area (Å²) in [6.07, 6.45) is 9.44. The fourth-order valence-corrected chi connectivity index (χ4v) is 3.47. The van der Waals surface area contributed by atoms with Crippen LogP contribution in [-0.4, -0.2) is 38.9 Å². The molecule has 1 fully saturated rings. The Morgan fingerprint density at radius 2 is 1.77 bits per heavy atom. The van der Waals surface area contributed by atoms with Gasteiger partial charge in [0.15, 0.2) is 11.5 Å². The zero-order chi connectivity index (χ0) is 22.7. The first kappa shape index (κ1) is 24.3. The van der Waals surface area contributed by atoms with E-state index in [9.17, 15) is 9.59 Å². The molecule has 0 bridgehead atoms. The van der Waals surface area contributed by atoms with Crippen LogP contribution < -0.4 is 9.47 Å². The number of hydrogen-bond donors (Lipinski definition) is 0. The summed E-state index contributed by atoms with van der Waals surface area (Å²) in [7, 11) is 1.59. The van der Waals surface area contributed by atoms with E-state index in [0.717, 1.165) is 31.2 Å². The summed E-state index contributed by atoms with van der Waals surface area (Å²) < 4.78 is 21.6. The highest BCUT2D eigenvalue weighted by Crippen LogP contribution is 2.40. The van der Waals surface area contributed by atoms with Crippen LogP contribution in [-0.2, 0) is 19.1 Å². The molecule has 0 radical (unpaired) electrons. The molecule has 0 aromatic heterocycles. The third-order valence-electron chi connectivity index (χ3n) is 5.45. The van der Waals surface area contributed by atoms with Gasteiger partial charge in [-0.2, -0.15) is 0 Å². The van der Waals surface area contributed by atoms with Gasteiger partial charge in [0, 0.05) is 6.08 Å². The second-order valence-corrected chi connectivity index (χ2v) is 7.86. The van der Waals surface area contributed by atoms with Gasteiger partial charge in [-0.25, -0.2) is 4.79 Å². The predicted molar refractivity (Wildman–Crippen MR) is 120 cm³/mol. The summed E-state index contributed by atoms with van der Waals surface area (Å²) in [5.74, 6) is 0.996. The monoisotopic (exact) mass is 428 g/mol. The molecule has 0 amide bonds. The van der Waals surface area contributed by atoms with Gasteiger partial charge in [-0.15, -0.1) is 0 Å². The summed E-state index contributed by atoms with van der Waals surface area (Å²) >= 11 is 0. The molecule has 31 heavy (non-hydrogen) atoms. The molecule has 1 aliphatic carbocycles. The van der Waals surface area contributed by atoms with Gasteiger partial charge in [-0.05, 0) is 62.3 Å². The summed E-state index contributed by atoms with van der Waals surface area (Å²) in [5, 5.41) is 0. The summed E-state index contributed by atoms with van der Waals surface area (Å²) in [6.45, 7) is 10.0. The van der Waals surface area contributed by atoms with E-state index in [4.69, 9.17) is 18.9 Å². The quantitative estimate of drug-likeness (QED) is 0.288. The molecule has 1 aliphatic rings. The third kappa shape index (κ3) is 7.31. The summed E-state index contributed by atoms with van der Waals surface area (Å²) in [5.41, 5.74) is 0.356. The van der Waals surface area contributed by atoms with Crippen molar-refractivity contribution in [3.8, 4) is 11.5 Å². The standard InChI is InChI=1S/C25H32O6/c1-5-15-29-23(26)10-8-19-7-9-21(28-4)22(17-19)31-18-20-11-13-25(3,14-12-20)24(27)30-16-6-2/h5-10,17,20H,1-2,11-16,18H2,3-4H3/b10-8+. The van der Waals surface area contributed by atoms with E-state index in [-0.39, 0.29) is 19.2 Å². The van der Waals surface area contributed by atoms with Crippen molar-refractivity contribution in [1.82, 2.24) is 0 Å². The zero-order valence-electron chi connectivity index (χ0n) is 18.4. The van der Waals surface area contributed by atoms with Crippen LogP contribution in [0.25, 0.3) is 6.08 Å². The van der Waals surface area contributed by atoms with Crippen LogP contribution in [0.5, 0.6) is 11.5 Å². The fourth-order valence-electron chi connectivity index (χ4n) is 3.47. The smallest absolute Gasteiger partial charge is 0.331 e. The molecule has 0 N–H and O–H groups in total. The number of carbonyl (C=O) groups is 2. The second-order valence-electron chi connectivity index (χ2n) is 7.86. The molecular weight excluding hydrogens is 396 g/mol. The maximum atomic E-state index is 12.3. The molecule has 0 saturated heterocycles. The van der Waals surface area contributed by atoms with Crippen LogP contribution in [0.15, 0.2) is 49.6 Å². The van der Waals surface area contributed by atoms with Gasteiger partial charge in [0.1, 0.15) is 13.2 Å². The SMILES string of the molecule is C=CCOC(=O)/C=C/c1ccc(OC)c(OCC2CCC(C)(C(=O)OCC=C)CC2)c1. The maximum Gasteiger partial charge on any atom is 0.331 e. The van der Waals surface area contributed by atoms with E-state index in [0.29, 0.717) is 24.0 Å². The molecule has 0 heterocycles. The van der Waals surface area contributed by atoms with Crippen molar-refractivity contribution < 1.29 is 28.5 Å². The van der Waals surface area contributed by atoms with E-state index in [1.807, 2.05) is 19.1 Å². The molecule has 2 rings (SSSR count). The van der Waals surface area contributed by atoms with Gasteiger partial charge < -0.3 is 18.9 Å². The second kappa shape index (κ2) is 12.0. The van der Waals surface area contributed by atoms with Gasteiger partial charge in [0.2, 0.25) is 0 Å². The van der Waals surface area contributed by atoms with E-state index in [1.165, 1.54) is 12.2 Å². The van der Waals surface area contributed by atoms with Crippen molar-refractivity contribution in [2.75, 3.05) is 26.9 Å². The minimum absolute atomic E-state index is 0.153. The molecule has 0 atom stereocenters. The Labute approximate surface area is 184 Å². The lowest BCUT2D eigenvalue weighted by Gasteiger charge is -2.35. The van der Waals surface area contributed by atoms with Gasteiger partial charge >= 0.3 is 11.9 Å². The van der Waals surface area contributed by atoms with Crippen molar-refractivity contribution in [1.29, 1.82) is 0 Å². The topological polar surface area (TPSA) is 71.1 Å². The number of esters is 2. The largest absolute Gasteiger partial charge is 0.493 e. The number of rotatable bonds is 11. The van der Waals surface area contributed by atoms with Gasteiger partial charge in [-0.1, -0.05) is 31.4 Å². The first-order valence-electron chi connectivity index (χ1n) is 10.5. The van der Waals surface area contributed by atoms with Crippen molar-refractivity contribution in [2.24, 2.45) is 11.3 Å². The fraction of sp³-hybridized carbons (Fsp3) is 0.440. The van der Waals surface area contributed by atoms with Crippen LogP contribution in [0.2, 0.25) is 0 Å². The van der Waals surface area contributed by atoms with E-state index < -0.39 is 11.4 Å². The van der Waals surface area contributed by atoms with Crippen molar-refractivity contribution in [3.63, 3.8) is 0 Å². The number of hydrogen-bond acceptors (Lipinski definition) is 6. The Hall–Kier alpha value is -3.02. The Kier molecular flexibility index (Phi) is 9.38. The molecule has 1 saturated carbocycles. The molecule has 6 heteroatoms. The minimum Gasteiger partial charge on any atom is -0.493 e.